The molecular formula is C27H31NO6. The lowest BCUT2D eigenvalue weighted by Gasteiger charge is -2.47. The predicted molar refractivity (Wildman–Crippen MR) is 124 cm³/mol. The van der Waals surface area contributed by atoms with Crippen molar-refractivity contribution in [3.05, 3.63) is 83.9 Å². The Kier molecular flexibility index (Phi) is 6.55. The summed E-state index contributed by atoms with van der Waals surface area (Å²) >= 11 is 0. The maximum Gasteiger partial charge on any atom is 0.248 e. The van der Waals surface area contributed by atoms with Crippen LogP contribution in [0.4, 0.5) is 0 Å². The van der Waals surface area contributed by atoms with Gasteiger partial charge in [-0.1, -0.05) is 66.7 Å². The number of rotatable bonds is 5. The standard InChI is InChI=1S/C27H31NO6/c1-4-11-21(29)28-22-24(34-27(28,2)3)23-20(17-31-25(33-23)19-14-9-6-10-15-19)32-26(22)30-16-18-12-7-5-8-13-18/h4-15,20,22-26H,16-17H2,1-3H3/b11-4+/t20-,22-,23-,24+,25-,26-/m1/s1. The molecule has 0 aliphatic carbocycles. The molecule has 3 saturated heterocycles. The second-order valence-corrected chi connectivity index (χ2v) is 9.24. The Bertz CT molecular complexity index is 1010. The average Bonchev–Trinajstić information content (AvgIpc) is 3.15. The van der Waals surface area contributed by atoms with Crippen LogP contribution in [0.1, 0.15) is 38.2 Å². The zero-order valence-electron chi connectivity index (χ0n) is 19.7. The summed E-state index contributed by atoms with van der Waals surface area (Å²) in [4.78, 5) is 14.9. The van der Waals surface area contributed by atoms with Crippen LogP contribution >= 0.6 is 0 Å². The van der Waals surface area contributed by atoms with E-state index in [1.54, 1.807) is 17.1 Å². The van der Waals surface area contributed by atoms with Crippen molar-refractivity contribution < 1.29 is 28.5 Å². The van der Waals surface area contributed by atoms with Crippen molar-refractivity contribution in [2.75, 3.05) is 6.61 Å². The van der Waals surface area contributed by atoms with E-state index >= 15 is 0 Å². The molecule has 2 aromatic rings. The zero-order chi connectivity index (χ0) is 23.7. The van der Waals surface area contributed by atoms with Gasteiger partial charge in [-0.15, -0.1) is 0 Å². The van der Waals surface area contributed by atoms with Crippen LogP contribution in [0.25, 0.3) is 0 Å². The van der Waals surface area contributed by atoms with Gasteiger partial charge in [-0.05, 0) is 32.4 Å². The molecule has 2 aromatic carbocycles. The van der Waals surface area contributed by atoms with Crippen LogP contribution in [0.2, 0.25) is 0 Å². The lowest BCUT2D eigenvalue weighted by molar-refractivity contribution is -0.343. The molecule has 7 nitrogen and oxygen atoms in total. The highest BCUT2D eigenvalue weighted by atomic mass is 16.8. The second kappa shape index (κ2) is 9.60. The third-order valence-corrected chi connectivity index (χ3v) is 6.49. The zero-order valence-corrected chi connectivity index (χ0v) is 19.7. The van der Waals surface area contributed by atoms with E-state index in [4.69, 9.17) is 23.7 Å². The number of hydrogen-bond donors (Lipinski definition) is 0. The number of nitrogens with zero attached hydrogens (tertiary/aromatic N) is 1. The first-order chi connectivity index (χ1) is 16.5. The Morgan fingerprint density at radius 2 is 1.76 bits per heavy atom. The van der Waals surface area contributed by atoms with Crippen LogP contribution in [-0.4, -0.2) is 53.8 Å². The first kappa shape index (κ1) is 23.2. The highest BCUT2D eigenvalue weighted by molar-refractivity contribution is 5.88. The summed E-state index contributed by atoms with van der Waals surface area (Å²) in [6.45, 7) is 6.30. The van der Waals surface area contributed by atoms with Gasteiger partial charge in [0, 0.05) is 5.56 Å². The normalized spacial score (nSPS) is 32.4. The van der Waals surface area contributed by atoms with Crippen LogP contribution in [-0.2, 0) is 35.1 Å². The van der Waals surface area contributed by atoms with E-state index in [0.29, 0.717) is 13.2 Å². The number of benzene rings is 2. The van der Waals surface area contributed by atoms with Crippen LogP contribution in [0, 0.1) is 0 Å². The molecule has 0 spiro atoms. The fraction of sp³-hybridized carbons (Fsp3) is 0.444. The van der Waals surface area contributed by atoms with Crippen molar-refractivity contribution in [1.82, 2.24) is 4.90 Å². The molecule has 0 radical (unpaired) electrons. The van der Waals surface area contributed by atoms with Gasteiger partial charge in [0.1, 0.15) is 30.1 Å². The summed E-state index contributed by atoms with van der Waals surface area (Å²) in [5.41, 5.74) is 1.09. The number of carbonyl (C=O) groups excluding carboxylic acids is 1. The average molecular weight is 466 g/mol. The summed E-state index contributed by atoms with van der Waals surface area (Å²) in [7, 11) is 0. The van der Waals surface area contributed by atoms with E-state index in [2.05, 4.69) is 0 Å². The van der Waals surface area contributed by atoms with E-state index < -0.39 is 36.6 Å². The fourth-order valence-corrected chi connectivity index (χ4v) is 5.02. The minimum Gasteiger partial charge on any atom is -0.348 e. The third-order valence-electron chi connectivity index (χ3n) is 6.49. The van der Waals surface area contributed by atoms with Crippen molar-refractivity contribution in [3.8, 4) is 0 Å². The minimum atomic E-state index is -0.859. The smallest absolute Gasteiger partial charge is 0.248 e. The minimum absolute atomic E-state index is 0.151. The second-order valence-electron chi connectivity index (χ2n) is 9.24. The molecule has 7 heteroatoms. The summed E-state index contributed by atoms with van der Waals surface area (Å²) in [5, 5.41) is 0. The van der Waals surface area contributed by atoms with Crippen LogP contribution in [0.15, 0.2) is 72.8 Å². The maximum absolute atomic E-state index is 13.2. The van der Waals surface area contributed by atoms with Gasteiger partial charge in [0.25, 0.3) is 0 Å². The first-order valence-corrected chi connectivity index (χ1v) is 11.7. The van der Waals surface area contributed by atoms with Crippen molar-refractivity contribution in [2.45, 2.75) is 70.0 Å². The van der Waals surface area contributed by atoms with Crippen molar-refractivity contribution >= 4 is 5.91 Å². The molecule has 3 heterocycles. The Labute approximate surface area is 200 Å². The van der Waals surface area contributed by atoms with Gasteiger partial charge < -0.3 is 28.6 Å². The highest BCUT2D eigenvalue weighted by Gasteiger charge is 2.61. The number of hydrogen-bond acceptors (Lipinski definition) is 6. The molecule has 6 atom stereocenters. The Morgan fingerprint density at radius 1 is 1.06 bits per heavy atom. The van der Waals surface area contributed by atoms with Crippen LogP contribution in [0.5, 0.6) is 0 Å². The monoisotopic (exact) mass is 465 g/mol. The lowest BCUT2D eigenvalue weighted by Crippen LogP contribution is -2.64. The number of ether oxygens (including phenoxy) is 5. The lowest BCUT2D eigenvalue weighted by atomic mass is 9.95. The quantitative estimate of drug-likeness (QED) is 0.623. The molecule has 0 saturated carbocycles. The van der Waals surface area contributed by atoms with Crippen molar-refractivity contribution in [3.63, 3.8) is 0 Å². The molecule has 3 fully saturated rings. The van der Waals surface area contributed by atoms with E-state index in [-0.39, 0.29) is 12.0 Å². The van der Waals surface area contributed by atoms with Gasteiger partial charge in [0.2, 0.25) is 5.91 Å². The summed E-state index contributed by atoms with van der Waals surface area (Å²) in [5.74, 6) is -0.151. The number of allylic oxidation sites excluding steroid dienone is 1. The number of amides is 1. The van der Waals surface area contributed by atoms with E-state index in [1.807, 2.05) is 81.4 Å². The molecule has 1 amide bonds. The molecule has 0 N–H and O–H groups in total. The van der Waals surface area contributed by atoms with Gasteiger partial charge in [-0.25, -0.2) is 0 Å². The van der Waals surface area contributed by atoms with Gasteiger partial charge in [-0.2, -0.15) is 0 Å². The van der Waals surface area contributed by atoms with E-state index in [9.17, 15) is 4.79 Å². The third kappa shape index (κ3) is 4.42. The van der Waals surface area contributed by atoms with Crippen molar-refractivity contribution in [2.24, 2.45) is 0 Å². The summed E-state index contributed by atoms with van der Waals surface area (Å²) in [6.07, 6.45) is 0.833. The Hall–Kier alpha value is -2.55. The molecular weight excluding hydrogens is 434 g/mol. The molecule has 3 aliphatic rings. The van der Waals surface area contributed by atoms with Gasteiger partial charge >= 0.3 is 0 Å². The molecule has 0 bridgehead atoms. The van der Waals surface area contributed by atoms with Gasteiger partial charge in [-0.3, -0.25) is 4.79 Å². The fourth-order valence-electron chi connectivity index (χ4n) is 5.02. The summed E-state index contributed by atoms with van der Waals surface area (Å²) < 4.78 is 31.6. The van der Waals surface area contributed by atoms with Crippen LogP contribution < -0.4 is 0 Å². The largest absolute Gasteiger partial charge is 0.348 e. The van der Waals surface area contributed by atoms with Gasteiger partial charge in [0.15, 0.2) is 12.6 Å². The van der Waals surface area contributed by atoms with Crippen LogP contribution in [0.3, 0.4) is 0 Å². The van der Waals surface area contributed by atoms with E-state index in [0.717, 1.165) is 11.1 Å². The maximum atomic E-state index is 13.2. The SMILES string of the molecule is C/C=C/C(=O)N1[C@H]2[C@H](OCc3ccccc3)O[C@@H]3CO[C@@H](c4ccccc4)O[C@H]3[C@H]2OC1(C)C. The van der Waals surface area contributed by atoms with E-state index in [1.165, 1.54) is 0 Å². The molecule has 180 valence electrons. The molecule has 0 aromatic heterocycles. The Balaban J connectivity index is 1.44. The predicted octanol–water partition coefficient (Wildman–Crippen LogP) is 3.95. The topological polar surface area (TPSA) is 66.5 Å². The molecule has 3 aliphatic heterocycles. The molecule has 34 heavy (non-hydrogen) atoms. The number of fused-ring (bicyclic) bond motifs is 3. The molecule has 0 unspecified atom stereocenters. The van der Waals surface area contributed by atoms with Gasteiger partial charge in [0.05, 0.1) is 13.2 Å². The number of carbonyl (C=O) groups is 1. The first-order valence-electron chi connectivity index (χ1n) is 11.7. The Morgan fingerprint density at radius 3 is 2.47 bits per heavy atom. The molecule has 5 rings (SSSR count). The summed E-state index contributed by atoms with van der Waals surface area (Å²) in [6, 6.07) is 19.2. The highest BCUT2D eigenvalue weighted by Crippen LogP contribution is 2.44. The van der Waals surface area contributed by atoms with Crippen molar-refractivity contribution in [1.29, 1.82) is 0 Å².